The molecule has 1 aromatic heterocycles. The number of likely N-dealkylation sites (tertiary alicyclic amines) is 1. The van der Waals surface area contributed by atoms with E-state index in [1.807, 2.05) is 0 Å². The maximum absolute atomic E-state index is 12.3. The van der Waals surface area contributed by atoms with Crippen molar-refractivity contribution in [2.24, 2.45) is 0 Å². The van der Waals surface area contributed by atoms with E-state index in [9.17, 15) is 10.1 Å². The van der Waals surface area contributed by atoms with Gasteiger partial charge in [-0.05, 0) is 50.8 Å². The molecule has 1 amide bonds. The standard InChI is InChI=1S/C19H25N3O/c1-14-11-16(12-17(13-20)19(23)21-9-6-10-21)15(2)22(14)18-7-4-3-5-8-18/h11-12,18H,3-10H2,1-2H3/b17-12+. The minimum atomic E-state index is -0.124. The number of aryl methyl sites for hydroxylation is 1. The van der Waals surface area contributed by atoms with E-state index < -0.39 is 0 Å². The lowest BCUT2D eigenvalue weighted by atomic mass is 9.95. The molecular formula is C19H25N3O. The lowest BCUT2D eigenvalue weighted by molar-refractivity contribution is -0.129. The molecule has 0 atom stereocenters. The van der Waals surface area contributed by atoms with Crippen LogP contribution in [0.1, 0.15) is 61.5 Å². The fraction of sp³-hybridized carbons (Fsp3) is 0.579. The highest BCUT2D eigenvalue weighted by molar-refractivity contribution is 6.02. The first kappa shape index (κ1) is 15.9. The highest BCUT2D eigenvalue weighted by atomic mass is 16.2. The molecule has 122 valence electrons. The second-order valence-electron chi connectivity index (χ2n) is 6.80. The summed E-state index contributed by atoms with van der Waals surface area (Å²) >= 11 is 0. The number of rotatable bonds is 3. The molecular weight excluding hydrogens is 286 g/mol. The van der Waals surface area contributed by atoms with E-state index in [0.29, 0.717) is 6.04 Å². The molecule has 23 heavy (non-hydrogen) atoms. The SMILES string of the molecule is Cc1cc(/C=C(\C#N)C(=O)N2CCC2)c(C)n1C1CCCCC1. The van der Waals surface area contributed by atoms with Crippen LogP contribution in [0.4, 0.5) is 0 Å². The third-order valence-corrected chi connectivity index (χ3v) is 5.26. The Bertz CT molecular complexity index is 668. The van der Waals surface area contributed by atoms with Gasteiger partial charge in [0.2, 0.25) is 0 Å². The van der Waals surface area contributed by atoms with E-state index in [0.717, 1.165) is 25.1 Å². The van der Waals surface area contributed by atoms with Gasteiger partial charge in [0.05, 0.1) is 0 Å². The molecule has 1 aliphatic heterocycles. The Kier molecular flexibility index (Phi) is 4.56. The number of aromatic nitrogens is 1. The second-order valence-corrected chi connectivity index (χ2v) is 6.80. The summed E-state index contributed by atoms with van der Waals surface area (Å²) in [4.78, 5) is 14.0. The zero-order chi connectivity index (χ0) is 16.4. The first-order valence-corrected chi connectivity index (χ1v) is 8.71. The van der Waals surface area contributed by atoms with Crippen LogP contribution in [0.3, 0.4) is 0 Å². The Balaban J connectivity index is 1.89. The molecule has 2 heterocycles. The average Bonchev–Trinajstić information content (AvgIpc) is 2.78. The van der Waals surface area contributed by atoms with Gasteiger partial charge in [-0.2, -0.15) is 5.26 Å². The first-order valence-electron chi connectivity index (χ1n) is 8.71. The quantitative estimate of drug-likeness (QED) is 0.630. The maximum atomic E-state index is 12.3. The van der Waals surface area contributed by atoms with Gasteiger partial charge in [-0.25, -0.2) is 0 Å². The third kappa shape index (κ3) is 3.06. The molecule has 0 unspecified atom stereocenters. The van der Waals surface area contributed by atoms with Gasteiger partial charge in [0.1, 0.15) is 11.6 Å². The molecule has 0 bridgehead atoms. The van der Waals surface area contributed by atoms with E-state index in [1.165, 1.54) is 43.5 Å². The summed E-state index contributed by atoms with van der Waals surface area (Å²) in [5, 5.41) is 9.37. The Labute approximate surface area is 138 Å². The van der Waals surface area contributed by atoms with Gasteiger partial charge < -0.3 is 9.47 Å². The fourth-order valence-corrected chi connectivity index (χ4v) is 3.84. The van der Waals surface area contributed by atoms with E-state index in [1.54, 1.807) is 11.0 Å². The van der Waals surface area contributed by atoms with Gasteiger partial charge in [-0.3, -0.25) is 4.79 Å². The van der Waals surface area contributed by atoms with Gasteiger partial charge >= 0.3 is 0 Å². The Morgan fingerprint density at radius 3 is 2.48 bits per heavy atom. The van der Waals surface area contributed by atoms with E-state index in [2.05, 4.69) is 30.6 Å². The minimum absolute atomic E-state index is 0.124. The number of nitriles is 1. The van der Waals surface area contributed by atoms with Crippen molar-refractivity contribution < 1.29 is 4.79 Å². The average molecular weight is 311 g/mol. The Hall–Kier alpha value is -2.02. The smallest absolute Gasteiger partial charge is 0.264 e. The summed E-state index contributed by atoms with van der Waals surface area (Å²) in [5.41, 5.74) is 3.68. The van der Waals surface area contributed by atoms with Crippen LogP contribution < -0.4 is 0 Å². The largest absolute Gasteiger partial charge is 0.346 e. The molecule has 0 spiro atoms. The molecule has 3 rings (SSSR count). The summed E-state index contributed by atoms with van der Waals surface area (Å²) in [6.07, 6.45) is 9.22. The van der Waals surface area contributed by atoms with Gasteiger partial charge in [0, 0.05) is 30.5 Å². The predicted molar refractivity (Wildman–Crippen MR) is 90.8 cm³/mol. The topological polar surface area (TPSA) is 49.0 Å². The van der Waals surface area contributed by atoms with Crippen molar-refractivity contribution in [3.63, 3.8) is 0 Å². The first-order chi connectivity index (χ1) is 11.1. The molecule has 1 saturated carbocycles. The summed E-state index contributed by atoms with van der Waals surface area (Å²) in [7, 11) is 0. The summed E-state index contributed by atoms with van der Waals surface area (Å²) in [6.45, 7) is 5.79. The molecule has 2 aliphatic rings. The number of hydrogen-bond donors (Lipinski definition) is 0. The molecule has 0 radical (unpaired) electrons. The lowest BCUT2D eigenvalue weighted by Gasteiger charge is -2.30. The van der Waals surface area contributed by atoms with Crippen molar-refractivity contribution in [1.82, 2.24) is 9.47 Å². The number of amides is 1. The lowest BCUT2D eigenvalue weighted by Crippen LogP contribution is -2.42. The van der Waals surface area contributed by atoms with Crippen LogP contribution in [0.15, 0.2) is 11.6 Å². The number of carbonyl (C=O) groups is 1. The third-order valence-electron chi connectivity index (χ3n) is 5.26. The summed E-state index contributed by atoms with van der Waals surface area (Å²) in [6, 6.07) is 4.78. The normalized spacial score (nSPS) is 19.3. The van der Waals surface area contributed by atoms with Crippen molar-refractivity contribution in [2.75, 3.05) is 13.1 Å². The van der Waals surface area contributed by atoms with Gasteiger partial charge in [-0.15, -0.1) is 0 Å². The van der Waals surface area contributed by atoms with Crippen LogP contribution >= 0.6 is 0 Å². The Morgan fingerprint density at radius 2 is 1.91 bits per heavy atom. The minimum Gasteiger partial charge on any atom is -0.346 e. The van der Waals surface area contributed by atoms with Crippen molar-refractivity contribution in [3.05, 3.63) is 28.6 Å². The molecule has 4 heteroatoms. The van der Waals surface area contributed by atoms with Crippen molar-refractivity contribution in [2.45, 2.75) is 58.4 Å². The molecule has 1 aliphatic carbocycles. The number of hydrogen-bond acceptors (Lipinski definition) is 2. The molecule has 1 aromatic rings. The molecule has 1 saturated heterocycles. The molecule has 0 aromatic carbocycles. The van der Waals surface area contributed by atoms with Crippen LogP contribution in [0, 0.1) is 25.2 Å². The van der Waals surface area contributed by atoms with Crippen molar-refractivity contribution >= 4 is 12.0 Å². The second kappa shape index (κ2) is 6.62. The van der Waals surface area contributed by atoms with Crippen LogP contribution in [-0.2, 0) is 4.79 Å². The maximum Gasteiger partial charge on any atom is 0.264 e. The van der Waals surface area contributed by atoms with E-state index >= 15 is 0 Å². The number of carbonyl (C=O) groups excluding carboxylic acids is 1. The molecule has 2 fully saturated rings. The monoisotopic (exact) mass is 311 g/mol. The highest BCUT2D eigenvalue weighted by Crippen LogP contribution is 2.32. The fourth-order valence-electron chi connectivity index (χ4n) is 3.84. The molecule has 4 nitrogen and oxygen atoms in total. The predicted octanol–water partition coefficient (Wildman–Crippen LogP) is 3.75. The zero-order valence-electron chi connectivity index (χ0n) is 14.1. The van der Waals surface area contributed by atoms with Crippen molar-refractivity contribution in [3.8, 4) is 6.07 Å². The molecule has 0 N–H and O–H groups in total. The summed E-state index contributed by atoms with van der Waals surface area (Å²) in [5.74, 6) is -0.124. The van der Waals surface area contributed by atoms with Crippen LogP contribution in [0.2, 0.25) is 0 Å². The van der Waals surface area contributed by atoms with E-state index in [-0.39, 0.29) is 11.5 Å². The zero-order valence-corrected chi connectivity index (χ0v) is 14.1. The van der Waals surface area contributed by atoms with Crippen LogP contribution in [0.5, 0.6) is 0 Å². The van der Waals surface area contributed by atoms with E-state index in [4.69, 9.17) is 0 Å². The summed E-state index contributed by atoms with van der Waals surface area (Å²) < 4.78 is 2.41. The number of nitrogens with zero attached hydrogens (tertiary/aromatic N) is 3. The highest BCUT2D eigenvalue weighted by Gasteiger charge is 2.24. The van der Waals surface area contributed by atoms with Crippen LogP contribution in [0.25, 0.3) is 6.08 Å². The van der Waals surface area contributed by atoms with Crippen molar-refractivity contribution in [1.29, 1.82) is 5.26 Å². The van der Waals surface area contributed by atoms with Gasteiger partial charge in [-0.1, -0.05) is 19.3 Å². The van der Waals surface area contributed by atoms with Crippen LogP contribution in [-0.4, -0.2) is 28.5 Å². The Morgan fingerprint density at radius 1 is 1.22 bits per heavy atom. The van der Waals surface area contributed by atoms with Gasteiger partial charge in [0.15, 0.2) is 0 Å². The van der Waals surface area contributed by atoms with Gasteiger partial charge in [0.25, 0.3) is 5.91 Å².